The summed E-state index contributed by atoms with van der Waals surface area (Å²) in [6.45, 7) is 5.70. The third-order valence-corrected chi connectivity index (χ3v) is 9.26. The highest BCUT2D eigenvalue weighted by Gasteiger charge is 2.33. The van der Waals surface area contributed by atoms with Crippen LogP contribution < -0.4 is 9.47 Å². The Morgan fingerprint density at radius 1 is 0.780 bits per heavy atom. The van der Waals surface area contributed by atoms with Gasteiger partial charge in [0.2, 0.25) is 0 Å². The molecule has 1 fully saturated rings. The molecule has 1 aliphatic heterocycles. The molecule has 1 heterocycles. The monoisotopic (exact) mass is 560 g/mol. The van der Waals surface area contributed by atoms with Crippen molar-refractivity contribution in [2.24, 2.45) is 5.92 Å². The van der Waals surface area contributed by atoms with Gasteiger partial charge in [0.15, 0.2) is 11.5 Å². The zero-order valence-corrected chi connectivity index (χ0v) is 26.3. The lowest BCUT2D eigenvalue weighted by molar-refractivity contribution is 0.178. The second-order valence-corrected chi connectivity index (χ2v) is 12.3. The van der Waals surface area contributed by atoms with E-state index in [1.165, 1.54) is 95.7 Å². The quantitative estimate of drug-likeness (QED) is 0.151. The number of nitriles is 1. The number of ether oxygens (including phenoxy) is 2. The number of hydrogen-bond donors (Lipinski definition) is 0. The zero-order valence-electron chi connectivity index (χ0n) is 26.3. The van der Waals surface area contributed by atoms with Crippen molar-refractivity contribution in [1.29, 1.82) is 5.26 Å². The molecular weight excluding hydrogens is 504 g/mol. The summed E-state index contributed by atoms with van der Waals surface area (Å²) in [4.78, 5) is 2.62. The van der Waals surface area contributed by atoms with Crippen LogP contribution in [0.3, 0.4) is 0 Å². The van der Waals surface area contributed by atoms with E-state index in [-0.39, 0.29) is 0 Å². The lowest BCUT2D eigenvalue weighted by atomic mass is 9.74. The number of piperidine rings is 1. The van der Waals surface area contributed by atoms with Gasteiger partial charge in [-0.05, 0) is 87.3 Å². The maximum Gasteiger partial charge on any atom is 0.161 e. The first-order chi connectivity index (χ1) is 20.1. The Morgan fingerprint density at radius 2 is 1.39 bits per heavy atom. The fourth-order valence-corrected chi connectivity index (χ4v) is 6.60. The summed E-state index contributed by atoms with van der Waals surface area (Å²) in [7, 11) is 3.35. The van der Waals surface area contributed by atoms with E-state index < -0.39 is 5.41 Å². The predicted molar refractivity (Wildman–Crippen MR) is 172 cm³/mol. The molecule has 3 rings (SSSR count). The minimum absolute atomic E-state index is 0.481. The normalized spacial score (nSPS) is 15.8. The average molecular weight is 561 g/mol. The summed E-state index contributed by atoms with van der Waals surface area (Å²) in [5.74, 6) is 2.23. The minimum atomic E-state index is -0.481. The van der Waals surface area contributed by atoms with E-state index in [2.05, 4.69) is 54.3 Å². The van der Waals surface area contributed by atoms with Gasteiger partial charge in [-0.3, -0.25) is 0 Å². The van der Waals surface area contributed by atoms with E-state index in [1.54, 1.807) is 14.2 Å². The van der Waals surface area contributed by atoms with Gasteiger partial charge in [-0.15, -0.1) is 0 Å². The van der Waals surface area contributed by atoms with E-state index in [1.807, 2.05) is 12.1 Å². The van der Waals surface area contributed by atoms with Gasteiger partial charge in [0.25, 0.3) is 0 Å². The second-order valence-electron chi connectivity index (χ2n) is 12.3. The average Bonchev–Trinajstić information content (AvgIpc) is 3.02. The van der Waals surface area contributed by atoms with Crippen LogP contribution in [-0.2, 0) is 11.8 Å². The van der Waals surface area contributed by atoms with Crippen molar-refractivity contribution < 1.29 is 9.47 Å². The number of rotatable bonds is 20. The number of likely N-dealkylation sites (tertiary alicyclic amines) is 1. The maximum absolute atomic E-state index is 10.6. The Kier molecular flexibility index (Phi) is 15.2. The SMILES string of the molecule is CCCCCCCCCCCCC(C#N)(CCCN1CCC(Cc2ccccc2)CC1)c1ccc(OC)c(OC)c1. The van der Waals surface area contributed by atoms with Gasteiger partial charge in [0.1, 0.15) is 0 Å². The molecule has 0 spiro atoms. The Balaban J connectivity index is 1.52. The summed E-state index contributed by atoms with van der Waals surface area (Å²) in [6, 6.07) is 19.8. The predicted octanol–water partition coefficient (Wildman–Crippen LogP) is 9.51. The first-order valence-corrected chi connectivity index (χ1v) is 16.5. The molecule has 1 aliphatic rings. The van der Waals surface area contributed by atoms with E-state index in [0.29, 0.717) is 5.75 Å². The van der Waals surface area contributed by atoms with Crippen molar-refractivity contribution >= 4 is 0 Å². The molecule has 1 unspecified atom stereocenters. The van der Waals surface area contributed by atoms with Gasteiger partial charge in [-0.1, -0.05) is 108 Å². The molecule has 41 heavy (non-hydrogen) atoms. The van der Waals surface area contributed by atoms with Crippen LogP contribution in [0.1, 0.15) is 114 Å². The summed E-state index contributed by atoms with van der Waals surface area (Å²) in [5, 5.41) is 10.6. The summed E-state index contributed by atoms with van der Waals surface area (Å²) in [5.41, 5.74) is 2.06. The minimum Gasteiger partial charge on any atom is -0.493 e. The molecule has 0 aromatic heterocycles. The number of hydrogen-bond acceptors (Lipinski definition) is 4. The van der Waals surface area contributed by atoms with Gasteiger partial charge in [0.05, 0.1) is 25.7 Å². The molecular formula is C37H56N2O2. The fourth-order valence-electron chi connectivity index (χ4n) is 6.60. The van der Waals surface area contributed by atoms with Crippen LogP contribution in [0, 0.1) is 17.2 Å². The number of benzene rings is 2. The Labute approximate surface area is 251 Å². The summed E-state index contributed by atoms with van der Waals surface area (Å²) in [6.07, 6.45) is 19.7. The molecule has 0 N–H and O–H groups in total. The van der Waals surface area contributed by atoms with E-state index >= 15 is 0 Å². The zero-order chi connectivity index (χ0) is 29.2. The molecule has 2 aromatic rings. The van der Waals surface area contributed by atoms with Crippen LogP contribution in [0.25, 0.3) is 0 Å². The van der Waals surface area contributed by atoms with Gasteiger partial charge < -0.3 is 14.4 Å². The first-order valence-electron chi connectivity index (χ1n) is 16.5. The molecule has 2 aromatic carbocycles. The molecule has 0 radical (unpaired) electrons. The molecule has 0 amide bonds. The van der Waals surface area contributed by atoms with Crippen LogP contribution in [0.4, 0.5) is 0 Å². The van der Waals surface area contributed by atoms with Gasteiger partial charge in [-0.2, -0.15) is 5.26 Å². The van der Waals surface area contributed by atoms with Crippen LogP contribution in [-0.4, -0.2) is 38.8 Å². The highest BCUT2D eigenvalue weighted by molar-refractivity contribution is 5.47. The first kappa shape index (κ1) is 33.0. The van der Waals surface area contributed by atoms with Crippen molar-refractivity contribution in [1.82, 2.24) is 4.90 Å². The van der Waals surface area contributed by atoms with Crippen molar-refractivity contribution in [2.45, 2.75) is 115 Å². The highest BCUT2D eigenvalue weighted by Crippen LogP contribution is 2.39. The molecule has 0 saturated carbocycles. The van der Waals surface area contributed by atoms with Crippen LogP contribution >= 0.6 is 0 Å². The van der Waals surface area contributed by atoms with E-state index in [0.717, 1.165) is 49.5 Å². The Morgan fingerprint density at radius 3 is 2.00 bits per heavy atom. The lowest BCUT2D eigenvalue weighted by Crippen LogP contribution is -2.36. The Bertz CT molecular complexity index is 1010. The topological polar surface area (TPSA) is 45.5 Å². The largest absolute Gasteiger partial charge is 0.493 e. The third kappa shape index (κ3) is 11.0. The molecule has 1 saturated heterocycles. The Hall–Kier alpha value is -2.51. The highest BCUT2D eigenvalue weighted by atomic mass is 16.5. The van der Waals surface area contributed by atoms with Gasteiger partial charge in [-0.25, -0.2) is 0 Å². The van der Waals surface area contributed by atoms with Crippen molar-refractivity contribution in [3.63, 3.8) is 0 Å². The number of nitrogens with zero attached hydrogens (tertiary/aromatic N) is 2. The standard InChI is InChI=1S/C37H56N2O2/c1-4-5-6-7-8-9-10-11-12-16-24-37(31-38,34-20-21-35(40-2)36(30-34)41-3)25-17-26-39-27-22-33(23-28-39)29-32-18-14-13-15-19-32/h13-15,18-21,30,33H,4-12,16-17,22-29H2,1-3H3. The third-order valence-electron chi connectivity index (χ3n) is 9.26. The van der Waals surface area contributed by atoms with Gasteiger partial charge >= 0.3 is 0 Å². The summed E-state index contributed by atoms with van der Waals surface area (Å²) < 4.78 is 11.1. The molecule has 4 heteroatoms. The molecule has 226 valence electrons. The van der Waals surface area contributed by atoms with Crippen LogP contribution in [0.2, 0.25) is 0 Å². The molecule has 4 nitrogen and oxygen atoms in total. The van der Waals surface area contributed by atoms with Gasteiger partial charge in [0, 0.05) is 0 Å². The molecule has 0 aliphatic carbocycles. The van der Waals surface area contributed by atoms with E-state index in [4.69, 9.17) is 9.47 Å². The second kappa shape index (κ2) is 18.8. The summed E-state index contributed by atoms with van der Waals surface area (Å²) >= 11 is 0. The van der Waals surface area contributed by atoms with Crippen molar-refractivity contribution in [2.75, 3.05) is 33.9 Å². The lowest BCUT2D eigenvalue weighted by Gasteiger charge is -2.33. The number of methoxy groups -OCH3 is 2. The van der Waals surface area contributed by atoms with Crippen molar-refractivity contribution in [3.05, 3.63) is 59.7 Å². The molecule has 0 bridgehead atoms. The van der Waals surface area contributed by atoms with E-state index in [9.17, 15) is 5.26 Å². The van der Waals surface area contributed by atoms with Crippen molar-refractivity contribution in [3.8, 4) is 17.6 Å². The molecule has 1 atom stereocenters. The smallest absolute Gasteiger partial charge is 0.161 e. The number of unbranched alkanes of at least 4 members (excludes halogenated alkanes) is 9. The van der Waals surface area contributed by atoms with Crippen LogP contribution in [0.5, 0.6) is 11.5 Å². The maximum atomic E-state index is 10.6. The fraction of sp³-hybridized carbons (Fsp3) is 0.649. The van der Waals surface area contributed by atoms with Crippen LogP contribution in [0.15, 0.2) is 48.5 Å².